The number of halogens is 1. The molecule has 0 unspecified atom stereocenters. The number of nitrogens with zero attached hydrogens (tertiary/aromatic N) is 5. The molecule has 11 nitrogen and oxygen atoms in total. The fraction of sp³-hybridized carbons (Fsp3) is 0.450. The number of cyclic esters (lactones) is 1. The van der Waals surface area contributed by atoms with Gasteiger partial charge in [-0.25, -0.2) is 13.9 Å². The van der Waals surface area contributed by atoms with Crippen molar-refractivity contribution in [3.63, 3.8) is 0 Å². The smallest absolute Gasteiger partial charge is 0.414 e. The highest BCUT2D eigenvalue weighted by atomic mass is 19.1. The minimum Gasteiger partial charge on any atom is -0.442 e. The van der Waals surface area contributed by atoms with Gasteiger partial charge in [0.1, 0.15) is 11.9 Å². The van der Waals surface area contributed by atoms with E-state index in [4.69, 9.17) is 4.74 Å². The Balaban J connectivity index is 1.37. The van der Waals surface area contributed by atoms with Crippen LogP contribution >= 0.6 is 0 Å². The normalized spacial score (nSPS) is 19.1. The molecule has 2 fully saturated rings. The predicted octanol–water partition coefficient (Wildman–Crippen LogP) is 1.29. The van der Waals surface area contributed by atoms with Gasteiger partial charge in [-0.05, 0) is 31.0 Å². The molecule has 32 heavy (non-hydrogen) atoms. The molecular formula is C20H24FN7O4. The number of benzene rings is 1. The number of anilines is 3. The van der Waals surface area contributed by atoms with Crippen LogP contribution in [-0.2, 0) is 14.3 Å². The van der Waals surface area contributed by atoms with Gasteiger partial charge in [-0.15, -0.1) is 5.10 Å². The Hall–Kier alpha value is -3.70. The highest BCUT2D eigenvalue weighted by molar-refractivity contribution is 5.90. The molecule has 0 aliphatic carbocycles. The lowest BCUT2D eigenvalue weighted by atomic mass is 10.0. The molecule has 0 spiro atoms. The monoisotopic (exact) mass is 445 g/mol. The topological polar surface area (TPSA) is 122 Å². The van der Waals surface area contributed by atoms with Crippen molar-refractivity contribution < 1.29 is 23.5 Å². The van der Waals surface area contributed by atoms with Gasteiger partial charge in [0.25, 0.3) is 0 Å². The molecule has 1 aromatic carbocycles. The molecule has 2 aliphatic rings. The van der Waals surface area contributed by atoms with Gasteiger partial charge in [0.05, 0.1) is 36.7 Å². The van der Waals surface area contributed by atoms with Crippen LogP contribution in [-0.4, -0.2) is 65.7 Å². The molecule has 1 aromatic heterocycles. The van der Waals surface area contributed by atoms with Crippen LogP contribution in [0.2, 0.25) is 0 Å². The first-order valence-corrected chi connectivity index (χ1v) is 10.3. The van der Waals surface area contributed by atoms with Crippen LogP contribution in [0.5, 0.6) is 0 Å². The largest absolute Gasteiger partial charge is 0.442 e. The average Bonchev–Trinajstić information content (AvgIpc) is 3.39. The Morgan fingerprint density at radius 3 is 2.81 bits per heavy atom. The number of rotatable bonds is 7. The number of nitrogens with one attached hydrogen (secondary N) is 2. The Kier molecular flexibility index (Phi) is 6.19. The zero-order valence-electron chi connectivity index (χ0n) is 17.5. The summed E-state index contributed by atoms with van der Waals surface area (Å²) in [6, 6.07) is 4.81. The second-order valence-electron chi connectivity index (χ2n) is 7.75. The number of hydrogen-bond donors (Lipinski definition) is 2. The van der Waals surface area contributed by atoms with Crippen LogP contribution in [0.1, 0.15) is 25.8 Å². The Labute approximate surface area is 183 Å². The molecule has 3 heterocycles. The van der Waals surface area contributed by atoms with Crippen LogP contribution < -0.4 is 20.4 Å². The highest BCUT2D eigenvalue weighted by Gasteiger charge is 2.33. The summed E-state index contributed by atoms with van der Waals surface area (Å²) in [4.78, 5) is 37.0. The third-order valence-electron chi connectivity index (χ3n) is 5.59. The number of ether oxygens (including phenoxy) is 1. The lowest BCUT2D eigenvalue weighted by Gasteiger charge is -2.33. The van der Waals surface area contributed by atoms with E-state index >= 15 is 0 Å². The van der Waals surface area contributed by atoms with Crippen molar-refractivity contribution in [1.29, 1.82) is 0 Å². The van der Waals surface area contributed by atoms with Crippen LogP contribution in [0.25, 0.3) is 0 Å². The predicted molar refractivity (Wildman–Crippen MR) is 113 cm³/mol. The molecular weight excluding hydrogens is 421 g/mol. The summed E-state index contributed by atoms with van der Waals surface area (Å²) >= 11 is 0. The van der Waals surface area contributed by atoms with Crippen molar-refractivity contribution in [2.24, 2.45) is 0 Å². The van der Waals surface area contributed by atoms with Crippen molar-refractivity contribution >= 4 is 35.6 Å². The van der Waals surface area contributed by atoms with E-state index in [1.807, 2.05) is 4.90 Å². The molecule has 2 aliphatic heterocycles. The number of hydrogen-bond acceptors (Lipinski definition) is 7. The van der Waals surface area contributed by atoms with Gasteiger partial charge in [0.15, 0.2) is 5.82 Å². The van der Waals surface area contributed by atoms with E-state index in [-0.39, 0.29) is 25.0 Å². The second kappa shape index (κ2) is 9.20. The summed E-state index contributed by atoms with van der Waals surface area (Å²) in [6.45, 7) is 3.09. The van der Waals surface area contributed by atoms with Crippen molar-refractivity contribution in [2.45, 2.75) is 31.9 Å². The molecule has 0 bridgehead atoms. The van der Waals surface area contributed by atoms with Crippen molar-refractivity contribution in [3.05, 3.63) is 30.2 Å². The van der Waals surface area contributed by atoms with Crippen LogP contribution in [0.15, 0.2) is 24.4 Å². The summed E-state index contributed by atoms with van der Waals surface area (Å²) < 4.78 is 21.9. The quantitative estimate of drug-likeness (QED) is 0.616. The van der Waals surface area contributed by atoms with Crippen LogP contribution in [0, 0.1) is 5.82 Å². The van der Waals surface area contributed by atoms with E-state index in [2.05, 4.69) is 20.9 Å². The van der Waals surface area contributed by atoms with E-state index in [1.165, 1.54) is 17.9 Å². The molecule has 2 saturated heterocycles. The van der Waals surface area contributed by atoms with Crippen molar-refractivity contribution in [3.8, 4) is 0 Å². The molecule has 170 valence electrons. The molecule has 0 saturated carbocycles. The summed E-state index contributed by atoms with van der Waals surface area (Å²) in [5.41, 5.74) is 0.880. The van der Waals surface area contributed by atoms with Gasteiger partial charge in [0.2, 0.25) is 12.3 Å². The summed E-state index contributed by atoms with van der Waals surface area (Å²) in [7, 11) is 0. The fourth-order valence-electron chi connectivity index (χ4n) is 3.97. The number of amides is 3. The van der Waals surface area contributed by atoms with Crippen LogP contribution in [0.4, 0.5) is 26.4 Å². The molecule has 1 atom stereocenters. The highest BCUT2D eigenvalue weighted by Crippen LogP contribution is 2.31. The van der Waals surface area contributed by atoms with E-state index < -0.39 is 18.0 Å². The number of piperidine rings is 1. The third kappa shape index (κ3) is 4.63. The first-order valence-electron chi connectivity index (χ1n) is 10.3. The summed E-state index contributed by atoms with van der Waals surface area (Å²) in [5.74, 6) is -0.235. The van der Waals surface area contributed by atoms with E-state index in [0.29, 0.717) is 36.7 Å². The average molecular weight is 445 g/mol. The van der Waals surface area contributed by atoms with Gasteiger partial charge in [-0.3, -0.25) is 14.5 Å². The van der Waals surface area contributed by atoms with E-state index in [9.17, 15) is 18.8 Å². The van der Waals surface area contributed by atoms with Gasteiger partial charge < -0.3 is 20.3 Å². The van der Waals surface area contributed by atoms with Gasteiger partial charge in [-0.1, -0.05) is 5.21 Å². The van der Waals surface area contributed by atoms with Crippen molar-refractivity contribution in [2.75, 3.05) is 41.3 Å². The first-order chi connectivity index (χ1) is 15.4. The number of carbonyl (C=O) groups is 3. The van der Waals surface area contributed by atoms with E-state index in [1.54, 1.807) is 23.0 Å². The zero-order chi connectivity index (χ0) is 22.7. The zero-order valence-corrected chi connectivity index (χ0v) is 17.5. The fourth-order valence-corrected chi connectivity index (χ4v) is 3.97. The SMILES string of the molecule is CC(=O)NC[C@H]1CN(c2ccc(N3CCC(n4cc(NC=O)nn4)CC3)c(F)c2)C(=O)O1. The molecule has 12 heteroatoms. The van der Waals surface area contributed by atoms with E-state index in [0.717, 1.165) is 12.8 Å². The standard InChI is InChI=1S/C20H24FN7O4/c1-13(30)22-9-16-10-27(20(31)32-16)15-2-3-18(17(21)8-15)26-6-4-14(5-7-26)28-11-19(23-12-29)24-25-28/h2-3,8,11-12,14,16H,4-7,9-10H2,1H3,(H,22,30)(H,23,29)/t16-/m0/s1. The molecule has 2 N–H and O–H groups in total. The molecule has 3 amide bonds. The van der Waals surface area contributed by atoms with Crippen molar-refractivity contribution in [1.82, 2.24) is 20.3 Å². The lowest BCUT2D eigenvalue weighted by molar-refractivity contribution is -0.119. The lowest BCUT2D eigenvalue weighted by Crippen LogP contribution is -2.35. The molecule has 0 radical (unpaired) electrons. The number of aromatic nitrogens is 3. The van der Waals surface area contributed by atoms with Gasteiger partial charge >= 0.3 is 6.09 Å². The molecule has 4 rings (SSSR count). The Morgan fingerprint density at radius 2 is 2.12 bits per heavy atom. The minimum atomic E-state index is -0.565. The summed E-state index contributed by atoms with van der Waals surface area (Å²) in [6.07, 6.45) is 2.67. The number of carbonyl (C=O) groups excluding carboxylic acids is 3. The maximum absolute atomic E-state index is 14.9. The molecule has 2 aromatic rings. The maximum atomic E-state index is 14.9. The maximum Gasteiger partial charge on any atom is 0.414 e. The summed E-state index contributed by atoms with van der Waals surface area (Å²) in [5, 5.41) is 13.0. The Morgan fingerprint density at radius 1 is 1.34 bits per heavy atom. The Bertz CT molecular complexity index is 1010. The third-order valence-corrected chi connectivity index (χ3v) is 5.59. The van der Waals surface area contributed by atoms with Crippen LogP contribution in [0.3, 0.4) is 0 Å². The van der Waals surface area contributed by atoms with Gasteiger partial charge in [0, 0.05) is 20.0 Å². The second-order valence-corrected chi connectivity index (χ2v) is 7.75. The first kappa shape index (κ1) is 21.5. The minimum absolute atomic E-state index is 0.114. The van der Waals surface area contributed by atoms with Gasteiger partial charge in [-0.2, -0.15) is 0 Å².